The van der Waals surface area contributed by atoms with Crippen LogP contribution in [0.15, 0.2) is 24.3 Å². The summed E-state index contributed by atoms with van der Waals surface area (Å²) in [6.07, 6.45) is 6.46. The highest BCUT2D eigenvalue weighted by Crippen LogP contribution is 2.38. The summed E-state index contributed by atoms with van der Waals surface area (Å²) < 4.78 is 5.08. The largest absolute Gasteiger partial charge is 0.454 e. The smallest absolute Gasteiger partial charge is 0.329 e. The summed E-state index contributed by atoms with van der Waals surface area (Å²) in [6.45, 7) is 3.14. The lowest BCUT2D eigenvalue weighted by Gasteiger charge is -2.21. The van der Waals surface area contributed by atoms with Gasteiger partial charge >= 0.3 is 5.97 Å². The van der Waals surface area contributed by atoms with E-state index in [4.69, 9.17) is 4.74 Å². The number of imide groups is 1. The number of anilines is 1. The minimum Gasteiger partial charge on any atom is -0.454 e. The van der Waals surface area contributed by atoms with Crippen LogP contribution in [0.2, 0.25) is 0 Å². The lowest BCUT2D eigenvalue weighted by Crippen LogP contribution is -2.45. The number of likely N-dealkylation sites (tertiary alicyclic amines) is 1. The van der Waals surface area contributed by atoms with Gasteiger partial charge in [-0.1, -0.05) is 38.3 Å². The number of fused-ring (bicyclic) bond motifs is 1. The molecule has 0 radical (unpaired) electrons. The maximum Gasteiger partial charge on any atom is 0.329 e. The zero-order chi connectivity index (χ0) is 21.7. The van der Waals surface area contributed by atoms with Gasteiger partial charge in [0, 0.05) is 5.69 Å². The number of nitrogens with one attached hydrogen (secondary N) is 1. The van der Waals surface area contributed by atoms with Gasteiger partial charge in [0.2, 0.25) is 11.8 Å². The molecule has 0 aromatic heterocycles. The van der Waals surface area contributed by atoms with E-state index in [1.807, 2.05) is 24.3 Å². The number of hydrogen-bond acceptors (Lipinski definition) is 5. The molecule has 0 unspecified atom stereocenters. The molecule has 2 fully saturated rings. The van der Waals surface area contributed by atoms with Crippen molar-refractivity contribution in [3.8, 4) is 0 Å². The van der Waals surface area contributed by atoms with Crippen LogP contribution in [0.4, 0.5) is 5.69 Å². The SMILES string of the molecule is CCCCc1ccc(NC(=O)COC(=O)[C@H](C)N2C(=O)[C@@H]3CCCC[C@H]3C2=O)cc1. The molecule has 7 heteroatoms. The molecule has 1 aliphatic heterocycles. The third-order valence-electron chi connectivity index (χ3n) is 6.01. The van der Waals surface area contributed by atoms with Crippen LogP contribution in [0.5, 0.6) is 0 Å². The van der Waals surface area contributed by atoms with E-state index in [9.17, 15) is 19.2 Å². The second-order valence-corrected chi connectivity index (χ2v) is 8.18. The van der Waals surface area contributed by atoms with E-state index in [1.165, 1.54) is 12.5 Å². The first-order valence-electron chi connectivity index (χ1n) is 10.8. The van der Waals surface area contributed by atoms with E-state index in [1.54, 1.807) is 0 Å². The van der Waals surface area contributed by atoms with Gasteiger partial charge in [0.25, 0.3) is 5.91 Å². The summed E-state index contributed by atoms with van der Waals surface area (Å²) in [5.41, 5.74) is 1.83. The van der Waals surface area contributed by atoms with Crippen molar-refractivity contribution in [2.24, 2.45) is 11.8 Å². The Bertz CT molecular complexity index is 780. The van der Waals surface area contributed by atoms with Crippen LogP contribution in [0, 0.1) is 11.8 Å². The van der Waals surface area contributed by atoms with Crippen molar-refractivity contribution in [1.82, 2.24) is 4.90 Å². The number of rotatable bonds is 8. The van der Waals surface area contributed by atoms with Gasteiger partial charge in [-0.3, -0.25) is 19.3 Å². The Balaban J connectivity index is 1.49. The Morgan fingerprint density at radius 1 is 1.10 bits per heavy atom. The molecule has 162 valence electrons. The lowest BCUT2D eigenvalue weighted by molar-refractivity contribution is -0.159. The normalized spacial score (nSPS) is 21.9. The van der Waals surface area contributed by atoms with Crippen LogP contribution in [0.25, 0.3) is 0 Å². The van der Waals surface area contributed by atoms with Crippen LogP contribution in [0.3, 0.4) is 0 Å². The molecule has 1 aromatic rings. The maximum atomic E-state index is 12.6. The monoisotopic (exact) mass is 414 g/mol. The average molecular weight is 415 g/mol. The van der Waals surface area contributed by atoms with Gasteiger partial charge in [-0.05, 0) is 50.3 Å². The summed E-state index contributed by atoms with van der Waals surface area (Å²) in [7, 11) is 0. The first kappa shape index (κ1) is 22.0. The third-order valence-corrected chi connectivity index (χ3v) is 6.01. The van der Waals surface area contributed by atoms with Crippen molar-refractivity contribution in [1.29, 1.82) is 0 Å². The zero-order valence-corrected chi connectivity index (χ0v) is 17.7. The first-order valence-corrected chi connectivity index (χ1v) is 10.8. The summed E-state index contributed by atoms with van der Waals surface area (Å²) in [5, 5.41) is 2.68. The Morgan fingerprint density at radius 2 is 1.70 bits per heavy atom. The number of benzene rings is 1. The summed E-state index contributed by atoms with van der Waals surface area (Å²) >= 11 is 0. The topological polar surface area (TPSA) is 92.8 Å². The standard InChI is InChI=1S/C23H30N2O5/c1-3-4-7-16-10-12-17(13-11-16)24-20(26)14-30-23(29)15(2)25-21(27)18-8-5-6-9-19(18)22(25)28/h10-13,15,18-19H,3-9,14H2,1-2H3,(H,24,26)/t15-,18+,19+/m0/s1. The highest BCUT2D eigenvalue weighted by atomic mass is 16.5. The van der Waals surface area contributed by atoms with E-state index in [2.05, 4.69) is 12.2 Å². The highest BCUT2D eigenvalue weighted by molar-refractivity contribution is 6.08. The molecule has 1 saturated carbocycles. The molecule has 3 rings (SSSR count). The number of amides is 3. The number of carbonyl (C=O) groups is 4. The second-order valence-electron chi connectivity index (χ2n) is 8.18. The Labute approximate surface area is 177 Å². The predicted octanol–water partition coefficient (Wildman–Crippen LogP) is 3.07. The van der Waals surface area contributed by atoms with E-state index >= 15 is 0 Å². The van der Waals surface area contributed by atoms with Crippen LogP contribution in [-0.2, 0) is 30.3 Å². The molecule has 7 nitrogen and oxygen atoms in total. The zero-order valence-electron chi connectivity index (χ0n) is 17.7. The molecule has 1 aromatic carbocycles. The van der Waals surface area contributed by atoms with Crippen molar-refractivity contribution in [2.45, 2.75) is 64.8 Å². The van der Waals surface area contributed by atoms with Crippen molar-refractivity contribution in [3.63, 3.8) is 0 Å². The van der Waals surface area contributed by atoms with Gasteiger partial charge in [0.1, 0.15) is 6.04 Å². The van der Waals surface area contributed by atoms with E-state index in [0.29, 0.717) is 18.5 Å². The quantitative estimate of drug-likeness (QED) is 0.521. The molecular formula is C23H30N2O5. The fourth-order valence-electron chi connectivity index (χ4n) is 4.27. The average Bonchev–Trinajstić information content (AvgIpc) is 3.01. The minimum atomic E-state index is -1.03. The molecule has 1 N–H and O–H groups in total. The predicted molar refractivity (Wildman–Crippen MR) is 111 cm³/mol. The third kappa shape index (κ3) is 4.89. The number of nitrogens with zero attached hydrogens (tertiary/aromatic N) is 1. The summed E-state index contributed by atoms with van der Waals surface area (Å²) in [5.74, 6) is -2.43. The number of unbranched alkanes of at least 4 members (excludes halogenated alkanes) is 1. The second kappa shape index (κ2) is 9.87. The fourth-order valence-corrected chi connectivity index (χ4v) is 4.27. The van der Waals surface area contributed by atoms with Crippen molar-refractivity contribution < 1.29 is 23.9 Å². The van der Waals surface area contributed by atoms with Crippen LogP contribution < -0.4 is 5.32 Å². The summed E-state index contributed by atoms with van der Waals surface area (Å²) in [6, 6.07) is 6.53. The Kier molecular flexibility index (Phi) is 7.24. The number of ether oxygens (including phenoxy) is 1. The first-order chi connectivity index (χ1) is 14.4. The fraction of sp³-hybridized carbons (Fsp3) is 0.565. The summed E-state index contributed by atoms with van der Waals surface area (Å²) in [4.78, 5) is 50.7. The Morgan fingerprint density at radius 3 is 2.27 bits per heavy atom. The van der Waals surface area contributed by atoms with E-state index in [0.717, 1.165) is 37.0 Å². The number of aryl methyl sites for hydroxylation is 1. The van der Waals surface area contributed by atoms with Crippen molar-refractivity contribution in [2.75, 3.05) is 11.9 Å². The highest BCUT2D eigenvalue weighted by Gasteiger charge is 2.51. The van der Waals surface area contributed by atoms with Crippen LogP contribution in [-0.4, -0.2) is 41.2 Å². The van der Waals surface area contributed by atoms with Crippen molar-refractivity contribution in [3.05, 3.63) is 29.8 Å². The van der Waals surface area contributed by atoms with Gasteiger partial charge in [-0.2, -0.15) is 0 Å². The van der Waals surface area contributed by atoms with Gasteiger partial charge in [0.15, 0.2) is 6.61 Å². The van der Waals surface area contributed by atoms with E-state index in [-0.39, 0.29) is 23.7 Å². The molecule has 0 spiro atoms. The molecule has 1 aliphatic carbocycles. The minimum absolute atomic E-state index is 0.290. The molecule has 0 bridgehead atoms. The molecular weight excluding hydrogens is 384 g/mol. The molecule has 30 heavy (non-hydrogen) atoms. The van der Waals surface area contributed by atoms with Crippen LogP contribution >= 0.6 is 0 Å². The maximum absolute atomic E-state index is 12.6. The number of hydrogen-bond donors (Lipinski definition) is 1. The van der Waals surface area contributed by atoms with Gasteiger partial charge in [-0.25, -0.2) is 4.79 Å². The molecule has 3 amide bonds. The van der Waals surface area contributed by atoms with Crippen LogP contribution in [0.1, 0.15) is 57.9 Å². The van der Waals surface area contributed by atoms with Gasteiger partial charge in [-0.15, -0.1) is 0 Å². The number of esters is 1. The Hall–Kier alpha value is -2.70. The number of carbonyl (C=O) groups excluding carboxylic acids is 4. The lowest BCUT2D eigenvalue weighted by atomic mass is 9.81. The van der Waals surface area contributed by atoms with Gasteiger partial charge in [0.05, 0.1) is 11.8 Å². The van der Waals surface area contributed by atoms with E-state index < -0.39 is 24.5 Å². The molecule has 1 heterocycles. The molecule has 2 aliphatic rings. The van der Waals surface area contributed by atoms with Crippen molar-refractivity contribution >= 4 is 29.4 Å². The van der Waals surface area contributed by atoms with Gasteiger partial charge < -0.3 is 10.1 Å². The molecule has 1 saturated heterocycles. The molecule has 3 atom stereocenters.